The summed E-state index contributed by atoms with van der Waals surface area (Å²) in [5.74, 6) is 1.34. The first-order valence-corrected chi connectivity index (χ1v) is 15.4. The highest BCUT2D eigenvalue weighted by molar-refractivity contribution is 7.92. The Kier molecular flexibility index (Phi) is 7.41. The first-order chi connectivity index (χ1) is 18.3. The molecule has 4 bridgehead atoms. The first kappa shape index (κ1) is 25.8. The molecule has 1 aromatic heterocycles. The molecule has 0 radical (unpaired) electrons. The molecule has 1 atom stereocenters. The minimum absolute atomic E-state index is 0.167. The number of benzene rings is 3. The first-order valence-electron chi connectivity index (χ1n) is 12.2. The molecular weight excluding hydrogens is 520 g/mol. The molecule has 0 amide bonds. The van der Waals surface area contributed by atoms with E-state index in [0.29, 0.717) is 41.1 Å². The second-order valence-corrected chi connectivity index (χ2v) is 13.0. The van der Waals surface area contributed by atoms with Gasteiger partial charge in [-0.05, 0) is 54.3 Å². The van der Waals surface area contributed by atoms with E-state index in [1.165, 1.54) is 0 Å². The van der Waals surface area contributed by atoms with E-state index in [1.807, 2.05) is 30.3 Å². The van der Waals surface area contributed by atoms with Gasteiger partial charge in [-0.15, -0.1) is 0 Å². The zero-order chi connectivity index (χ0) is 26.6. The summed E-state index contributed by atoms with van der Waals surface area (Å²) in [5.41, 5.74) is 3.18. The SMILES string of the molecule is N=S1(=O)CCCCNc2nc(ncc2-c2ccc(CNS(=O)(=O)c3ccccc3)cc2)Nc2cccc1c2. The smallest absolute Gasteiger partial charge is 0.240 e. The van der Waals surface area contributed by atoms with Crippen LogP contribution in [0.4, 0.5) is 17.5 Å². The number of fused-ring (bicyclic) bond motifs is 4. The molecule has 9 nitrogen and oxygen atoms in total. The molecular formula is C27H28N6O3S2. The highest BCUT2D eigenvalue weighted by Crippen LogP contribution is 2.29. The van der Waals surface area contributed by atoms with Crippen molar-refractivity contribution in [3.05, 3.63) is 90.6 Å². The zero-order valence-electron chi connectivity index (χ0n) is 20.6. The van der Waals surface area contributed by atoms with Crippen LogP contribution in [0, 0.1) is 4.78 Å². The average Bonchev–Trinajstić information content (AvgIpc) is 2.93. The molecule has 0 saturated carbocycles. The highest BCUT2D eigenvalue weighted by atomic mass is 32.2. The molecule has 4 N–H and O–H groups in total. The summed E-state index contributed by atoms with van der Waals surface area (Å²) in [6, 6.07) is 22.9. The van der Waals surface area contributed by atoms with Crippen LogP contribution in [0.2, 0.25) is 0 Å². The molecule has 2 heterocycles. The highest BCUT2D eigenvalue weighted by Gasteiger charge is 2.15. The molecule has 38 heavy (non-hydrogen) atoms. The summed E-state index contributed by atoms with van der Waals surface area (Å²) < 4.78 is 48.9. The van der Waals surface area contributed by atoms with Crippen LogP contribution in [0.3, 0.4) is 0 Å². The Hall–Kier alpha value is -3.80. The second-order valence-electron chi connectivity index (χ2n) is 8.96. The minimum Gasteiger partial charge on any atom is -0.369 e. The van der Waals surface area contributed by atoms with Gasteiger partial charge in [0.05, 0.1) is 14.6 Å². The summed E-state index contributed by atoms with van der Waals surface area (Å²) in [6.07, 6.45) is 3.12. The van der Waals surface area contributed by atoms with Gasteiger partial charge in [-0.3, -0.25) is 0 Å². The van der Waals surface area contributed by atoms with Gasteiger partial charge in [0.1, 0.15) is 5.82 Å². The zero-order valence-corrected chi connectivity index (χ0v) is 22.2. The number of sulfonamides is 1. The lowest BCUT2D eigenvalue weighted by Gasteiger charge is -2.14. The second kappa shape index (κ2) is 10.9. The Balaban J connectivity index is 1.36. The lowest BCUT2D eigenvalue weighted by Crippen LogP contribution is -2.23. The van der Waals surface area contributed by atoms with Crippen LogP contribution >= 0.6 is 0 Å². The fourth-order valence-corrected chi connectivity index (χ4v) is 6.62. The molecule has 4 aromatic rings. The third-order valence-corrected chi connectivity index (χ3v) is 9.49. The Bertz CT molecular complexity index is 1640. The van der Waals surface area contributed by atoms with E-state index in [4.69, 9.17) is 4.78 Å². The molecule has 5 rings (SSSR count). The summed E-state index contributed by atoms with van der Waals surface area (Å²) in [7, 11) is -6.47. The van der Waals surface area contributed by atoms with Crippen molar-refractivity contribution in [2.24, 2.45) is 0 Å². The van der Waals surface area contributed by atoms with Gasteiger partial charge in [0, 0.05) is 41.2 Å². The lowest BCUT2D eigenvalue weighted by atomic mass is 10.1. The van der Waals surface area contributed by atoms with Crippen LogP contribution in [0.5, 0.6) is 0 Å². The maximum absolute atomic E-state index is 12.9. The Morgan fingerprint density at radius 2 is 1.76 bits per heavy atom. The van der Waals surface area contributed by atoms with Crippen molar-refractivity contribution in [3.8, 4) is 11.1 Å². The number of aromatic nitrogens is 2. The van der Waals surface area contributed by atoms with Crippen molar-refractivity contribution in [2.45, 2.75) is 29.2 Å². The van der Waals surface area contributed by atoms with Gasteiger partial charge in [-0.2, -0.15) is 4.98 Å². The summed E-state index contributed by atoms with van der Waals surface area (Å²) >= 11 is 0. The standard InChI is InChI=1S/C27H28N6O3S2/c28-37(34)16-5-4-15-29-26-25(19-30-27(33-26)32-22-7-6-10-24(37)17-22)21-13-11-20(12-14-21)18-31-38(35,36)23-8-2-1-3-9-23/h1-3,6-14,17,19,28,31H,4-5,15-16,18H2,(H2,29,30,32,33). The van der Waals surface area contributed by atoms with Crippen molar-refractivity contribution in [2.75, 3.05) is 22.9 Å². The van der Waals surface area contributed by atoms with Crippen LogP contribution in [-0.2, 0) is 26.3 Å². The number of anilines is 3. The van der Waals surface area contributed by atoms with Crippen LogP contribution in [-0.4, -0.2) is 34.9 Å². The van der Waals surface area contributed by atoms with Gasteiger partial charge in [0.25, 0.3) is 0 Å². The van der Waals surface area contributed by atoms with Crippen molar-refractivity contribution < 1.29 is 12.6 Å². The molecule has 0 fully saturated rings. The fourth-order valence-electron chi connectivity index (χ4n) is 4.11. The minimum atomic E-state index is -3.59. The van der Waals surface area contributed by atoms with E-state index in [9.17, 15) is 12.6 Å². The molecule has 1 aliphatic rings. The third-order valence-electron chi connectivity index (χ3n) is 6.20. The van der Waals surface area contributed by atoms with Crippen LogP contribution in [0.25, 0.3) is 11.1 Å². The fraction of sp³-hybridized carbons (Fsp3) is 0.185. The lowest BCUT2D eigenvalue weighted by molar-refractivity contribution is 0.581. The van der Waals surface area contributed by atoms with Gasteiger partial charge >= 0.3 is 0 Å². The van der Waals surface area contributed by atoms with Crippen molar-refractivity contribution in [1.29, 1.82) is 4.78 Å². The Morgan fingerprint density at radius 1 is 0.974 bits per heavy atom. The summed E-state index contributed by atoms with van der Waals surface area (Å²) in [4.78, 5) is 9.89. The van der Waals surface area contributed by atoms with E-state index in [-0.39, 0.29) is 11.4 Å². The number of hydrogen-bond donors (Lipinski definition) is 4. The third kappa shape index (κ3) is 6.01. The van der Waals surface area contributed by atoms with E-state index < -0.39 is 19.8 Å². The predicted octanol–water partition coefficient (Wildman–Crippen LogP) is 4.98. The molecule has 1 unspecified atom stereocenters. The summed E-state index contributed by atoms with van der Waals surface area (Å²) in [5, 5.41) is 6.52. The number of hydrogen-bond acceptors (Lipinski definition) is 8. The van der Waals surface area contributed by atoms with Crippen LogP contribution < -0.4 is 15.4 Å². The molecule has 196 valence electrons. The van der Waals surface area contributed by atoms with Gasteiger partial charge in [-0.25, -0.2) is 27.1 Å². The molecule has 3 aromatic carbocycles. The largest absolute Gasteiger partial charge is 0.369 e. The molecule has 0 spiro atoms. The summed E-state index contributed by atoms with van der Waals surface area (Å²) in [6.45, 7) is 0.774. The maximum atomic E-state index is 12.9. The van der Waals surface area contributed by atoms with Crippen molar-refractivity contribution in [3.63, 3.8) is 0 Å². The average molecular weight is 549 g/mol. The van der Waals surface area contributed by atoms with Gasteiger partial charge in [0.2, 0.25) is 16.0 Å². The molecule has 1 aliphatic heterocycles. The van der Waals surface area contributed by atoms with Gasteiger partial charge in [-0.1, -0.05) is 48.5 Å². The number of nitrogens with one attached hydrogen (secondary N) is 4. The normalized spacial score (nSPS) is 17.7. The van der Waals surface area contributed by atoms with E-state index in [1.54, 1.807) is 54.7 Å². The van der Waals surface area contributed by atoms with Gasteiger partial charge in [0.15, 0.2) is 0 Å². The molecule has 11 heteroatoms. The molecule has 0 aliphatic carbocycles. The number of nitrogens with zero attached hydrogens (tertiary/aromatic N) is 2. The molecule has 0 saturated heterocycles. The Morgan fingerprint density at radius 3 is 2.55 bits per heavy atom. The maximum Gasteiger partial charge on any atom is 0.240 e. The monoisotopic (exact) mass is 548 g/mol. The quantitative estimate of drug-likeness (QED) is 0.276. The van der Waals surface area contributed by atoms with Crippen LogP contribution in [0.15, 0.2) is 94.9 Å². The van der Waals surface area contributed by atoms with Crippen molar-refractivity contribution >= 4 is 37.2 Å². The van der Waals surface area contributed by atoms with E-state index >= 15 is 0 Å². The van der Waals surface area contributed by atoms with Crippen LogP contribution in [0.1, 0.15) is 18.4 Å². The Labute approximate surface area is 222 Å². The van der Waals surface area contributed by atoms with Gasteiger partial charge < -0.3 is 10.6 Å². The number of rotatable bonds is 5. The predicted molar refractivity (Wildman–Crippen MR) is 149 cm³/mol. The topological polar surface area (TPSA) is 137 Å². The van der Waals surface area contributed by atoms with E-state index in [2.05, 4.69) is 25.3 Å². The van der Waals surface area contributed by atoms with Crippen molar-refractivity contribution in [1.82, 2.24) is 14.7 Å². The van der Waals surface area contributed by atoms with E-state index in [0.717, 1.165) is 23.1 Å².